The lowest BCUT2D eigenvalue weighted by molar-refractivity contribution is 0.0940. The van der Waals surface area contributed by atoms with E-state index in [-0.39, 0.29) is 11.9 Å². The molecular formula is C20H25NO3. The van der Waals surface area contributed by atoms with Crippen molar-refractivity contribution in [3.8, 4) is 11.5 Å². The average Bonchev–Trinajstić information content (AvgIpc) is 2.62. The summed E-state index contributed by atoms with van der Waals surface area (Å²) in [6.07, 6.45) is 2.13. The van der Waals surface area contributed by atoms with Crippen LogP contribution in [-0.2, 0) is 0 Å². The molecule has 0 saturated carbocycles. The predicted molar refractivity (Wildman–Crippen MR) is 95.7 cm³/mol. The quantitative estimate of drug-likeness (QED) is 0.733. The number of ether oxygens (including phenoxy) is 2. The molecule has 2 aromatic carbocycles. The predicted octanol–water partition coefficient (Wildman–Crippen LogP) is 4.37. The minimum atomic E-state index is -0.0987. The Morgan fingerprint density at radius 2 is 1.67 bits per heavy atom. The lowest BCUT2D eigenvalue weighted by Gasteiger charge is -2.15. The number of amides is 1. The van der Waals surface area contributed by atoms with E-state index >= 15 is 0 Å². The molecule has 0 bridgehead atoms. The van der Waals surface area contributed by atoms with Crippen LogP contribution in [-0.4, -0.2) is 19.6 Å². The van der Waals surface area contributed by atoms with Crippen LogP contribution in [0.4, 0.5) is 0 Å². The summed E-state index contributed by atoms with van der Waals surface area (Å²) in [5, 5.41) is 3.00. The van der Waals surface area contributed by atoms with Crippen molar-refractivity contribution in [1.29, 1.82) is 0 Å². The molecule has 0 aromatic heterocycles. The van der Waals surface area contributed by atoms with Crippen molar-refractivity contribution < 1.29 is 14.3 Å². The summed E-state index contributed by atoms with van der Waals surface area (Å²) in [6, 6.07) is 14.9. The Morgan fingerprint density at radius 3 is 2.25 bits per heavy atom. The fourth-order valence-corrected chi connectivity index (χ4v) is 2.29. The van der Waals surface area contributed by atoms with Gasteiger partial charge in [0.15, 0.2) is 0 Å². The van der Waals surface area contributed by atoms with Crippen LogP contribution in [0.1, 0.15) is 48.7 Å². The number of nitrogens with one attached hydrogen (secondary N) is 1. The Kier molecular flexibility index (Phi) is 6.67. The van der Waals surface area contributed by atoms with E-state index < -0.39 is 0 Å². The van der Waals surface area contributed by atoms with Crippen LogP contribution in [0.5, 0.6) is 11.5 Å². The van der Waals surface area contributed by atoms with Crippen LogP contribution in [0.15, 0.2) is 48.5 Å². The van der Waals surface area contributed by atoms with Gasteiger partial charge >= 0.3 is 0 Å². The van der Waals surface area contributed by atoms with E-state index in [1.165, 1.54) is 0 Å². The van der Waals surface area contributed by atoms with Gasteiger partial charge in [0.1, 0.15) is 11.5 Å². The molecule has 4 heteroatoms. The number of unbranched alkanes of at least 4 members (excludes halogenated alkanes) is 1. The second-order valence-corrected chi connectivity index (χ2v) is 5.69. The van der Waals surface area contributed by atoms with Crippen LogP contribution >= 0.6 is 0 Å². The van der Waals surface area contributed by atoms with Gasteiger partial charge < -0.3 is 14.8 Å². The van der Waals surface area contributed by atoms with Gasteiger partial charge in [0, 0.05) is 5.56 Å². The third-order valence-electron chi connectivity index (χ3n) is 3.85. The molecule has 0 spiro atoms. The molecule has 0 heterocycles. The Balaban J connectivity index is 1.93. The van der Waals surface area contributed by atoms with Crippen LogP contribution in [0.2, 0.25) is 0 Å². The SMILES string of the molecule is CCCCOc1ccc(C(=O)NC(C)c2ccc(OC)cc2)cc1. The zero-order valence-electron chi connectivity index (χ0n) is 14.5. The minimum Gasteiger partial charge on any atom is -0.497 e. The summed E-state index contributed by atoms with van der Waals surface area (Å²) in [7, 11) is 1.63. The summed E-state index contributed by atoms with van der Waals surface area (Å²) in [6.45, 7) is 4.79. The normalized spacial score (nSPS) is 11.6. The van der Waals surface area contributed by atoms with Gasteiger partial charge in [-0.15, -0.1) is 0 Å². The smallest absolute Gasteiger partial charge is 0.251 e. The summed E-state index contributed by atoms with van der Waals surface area (Å²) in [4.78, 5) is 12.3. The number of methoxy groups -OCH3 is 1. The number of rotatable bonds is 8. The van der Waals surface area contributed by atoms with E-state index in [0.717, 1.165) is 29.9 Å². The maximum atomic E-state index is 12.3. The molecule has 1 unspecified atom stereocenters. The van der Waals surface area contributed by atoms with Gasteiger partial charge in [-0.05, 0) is 55.3 Å². The summed E-state index contributed by atoms with van der Waals surface area (Å²) >= 11 is 0. The molecule has 0 aliphatic rings. The molecule has 0 fully saturated rings. The standard InChI is InChI=1S/C20H25NO3/c1-4-5-14-24-19-12-8-17(9-13-19)20(22)21-15(2)16-6-10-18(23-3)11-7-16/h6-13,15H,4-5,14H2,1-3H3,(H,21,22). The second kappa shape index (κ2) is 8.96. The fourth-order valence-electron chi connectivity index (χ4n) is 2.29. The van der Waals surface area contributed by atoms with Gasteiger partial charge in [-0.2, -0.15) is 0 Å². The molecule has 24 heavy (non-hydrogen) atoms. The van der Waals surface area contributed by atoms with Crippen LogP contribution in [0.3, 0.4) is 0 Å². The molecule has 0 aliphatic heterocycles. The number of hydrogen-bond acceptors (Lipinski definition) is 3. The fraction of sp³-hybridized carbons (Fsp3) is 0.350. The van der Waals surface area contributed by atoms with E-state index in [1.807, 2.05) is 43.3 Å². The highest BCUT2D eigenvalue weighted by Crippen LogP contribution is 2.18. The number of carbonyl (C=O) groups is 1. The van der Waals surface area contributed by atoms with Crippen molar-refractivity contribution in [2.75, 3.05) is 13.7 Å². The second-order valence-electron chi connectivity index (χ2n) is 5.69. The van der Waals surface area contributed by atoms with Gasteiger partial charge in [0.05, 0.1) is 19.8 Å². The molecule has 1 N–H and O–H groups in total. The largest absolute Gasteiger partial charge is 0.497 e. The number of carbonyl (C=O) groups excluding carboxylic acids is 1. The van der Waals surface area contributed by atoms with Crippen LogP contribution in [0, 0.1) is 0 Å². The van der Waals surface area contributed by atoms with E-state index in [2.05, 4.69) is 12.2 Å². The Bertz CT molecular complexity index is 635. The summed E-state index contributed by atoms with van der Waals surface area (Å²) in [5.41, 5.74) is 1.65. The van der Waals surface area contributed by atoms with Crippen molar-refractivity contribution >= 4 is 5.91 Å². The Labute approximate surface area is 143 Å². The van der Waals surface area contributed by atoms with Gasteiger partial charge in [-0.25, -0.2) is 0 Å². The van der Waals surface area contributed by atoms with Gasteiger partial charge in [-0.3, -0.25) is 4.79 Å². The zero-order valence-corrected chi connectivity index (χ0v) is 14.5. The molecule has 4 nitrogen and oxygen atoms in total. The monoisotopic (exact) mass is 327 g/mol. The highest BCUT2D eigenvalue weighted by atomic mass is 16.5. The van der Waals surface area contributed by atoms with Crippen molar-refractivity contribution in [2.24, 2.45) is 0 Å². The summed E-state index contributed by atoms with van der Waals surface area (Å²) in [5.74, 6) is 1.50. The zero-order chi connectivity index (χ0) is 17.4. The molecule has 0 aliphatic carbocycles. The maximum absolute atomic E-state index is 12.3. The molecular weight excluding hydrogens is 302 g/mol. The van der Waals surface area contributed by atoms with Crippen molar-refractivity contribution in [3.63, 3.8) is 0 Å². The van der Waals surface area contributed by atoms with E-state index in [4.69, 9.17) is 9.47 Å². The molecule has 2 aromatic rings. The number of benzene rings is 2. The molecule has 1 atom stereocenters. The van der Waals surface area contributed by atoms with E-state index in [9.17, 15) is 4.79 Å². The van der Waals surface area contributed by atoms with Crippen LogP contribution in [0.25, 0.3) is 0 Å². The van der Waals surface area contributed by atoms with E-state index in [1.54, 1.807) is 19.2 Å². The number of hydrogen-bond donors (Lipinski definition) is 1. The first-order chi connectivity index (χ1) is 11.6. The lowest BCUT2D eigenvalue weighted by Crippen LogP contribution is -2.26. The third kappa shape index (κ3) is 5.01. The molecule has 0 saturated heterocycles. The highest BCUT2D eigenvalue weighted by molar-refractivity contribution is 5.94. The third-order valence-corrected chi connectivity index (χ3v) is 3.85. The first kappa shape index (κ1) is 17.9. The Morgan fingerprint density at radius 1 is 1.04 bits per heavy atom. The molecule has 1 amide bonds. The van der Waals surface area contributed by atoms with E-state index in [0.29, 0.717) is 12.2 Å². The van der Waals surface area contributed by atoms with Crippen molar-refractivity contribution in [3.05, 3.63) is 59.7 Å². The lowest BCUT2D eigenvalue weighted by atomic mass is 10.1. The first-order valence-corrected chi connectivity index (χ1v) is 8.31. The first-order valence-electron chi connectivity index (χ1n) is 8.31. The van der Waals surface area contributed by atoms with Crippen LogP contribution < -0.4 is 14.8 Å². The van der Waals surface area contributed by atoms with Gasteiger partial charge in [0.2, 0.25) is 0 Å². The summed E-state index contributed by atoms with van der Waals surface area (Å²) < 4.78 is 10.8. The van der Waals surface area contributed by atoms with Gasteiger partial charge in [0.25, 0.3) is 5.91 Å². The topological polar surface area (TPSA) is 47.6 Å². The minimum absolute atomic E-state index is 0.0797. The highest BCUT2D eigenvalue weighted by Gasteiger charge is 2.11. The van der Waals surface area contributed by atoms with Gasteiger partial charge in [-0.1, -0.05) is 25.5 Å². The van der Waals surface area contributed by atoms with Crippen molar-refractivity contribution in [2.45, 2.75) is 32.7 Å². The van der Waals surface area contributed by atoms with Crippen molar-refractivity contribution in [1.82, 2.24) is 5.32 Å². The Hall–Kier alpha value is -2.49. The molecule has 0 radical (unpaired) electrons. The average molecular weight is 327 g/mol. The molecule has 2 rings (SSSR count). The molecule has 128 valence electrons. The maximum Gasteiger partial charge on any atom is 0.251 e.